The number of rotatable bonds is 8. The lowest BCUT2D eigenvalue weighted by atomic mass is 9.99. The van der Waals surface area contributed by atoms with E-state index >= 15 is 0 Å². The van der Waals surface area contributed by atoms with Gasteiger partial charge in [-0.15, -0.1) is 0 Å². The van der Waals surface area contributed by atoms with Crippen LogP contribution in [0.25, 0.3) is 0 Å². The van der Waals surface area contributed by atoms with Gasteiger partial charge in [0.15, 0.2) is 0 Å². The summed E-state index contributed by atoms with van der Waals surface area (Å²) in [5.41, 5.74) is 5.89. The molecule has 2 N–H and O–H groups in total. The van der Waals surface area contributed by atoms with Crippen LogP contribution < -0.4 is 5.73 Å². The Morgan fingerprint density at radius 3 is 2.71 bits per heavy atom. The molecule has 1 heterocycles. The van der Waals surface area contributed by atoms with Gasteiger partial charge in [0, 0.05) is 32.3 Å². The molecule has 4 heteroatoms. The van der Waals surface area contributed by atoms with Crippen LogP contribution in [0, 0.1) is 5.92 Å². The molecule has 1 unspecified atom stereocenters. The molecule has 1 fully saturated rings. The molecule has 0 amide bonds. The van der Waals surface area contributed by atoms with Crippen LogP contribution in [-0.2, 0) is 4.74 Å². The van der Waals surface area contributed by atoms with Crippen molar-refractivity contribution >= 4 is 11.8 Å². The Bertz CT molecular complexity index is 186. The van der Waals surface area contributed by atoms with E-state index in [1.807, 2.05) is 11.8 Å². The number of hydrogen-bond acceptors (Lipinski definition) is 4. The van der Waals surface area contributed by atoms with E-state index in [0.29, 0.717) is 6.04 Å². The molecule has 0 saturated carbocycles. The van der Waals surface area contributed by atoms with Gasteiger partial charge in [0.2, 0.25) is 0 Å². The Balaban J connectivity index is 2.23. The molecule has 1 atom stereocenters. The van der Waals surface area contributed by atoms with Crippen molar-refractivity contribution in [1.82, 2.24) is 4.90 Å². The summed E-state index contributed by atoms with van der Waals surface area (Å²) < 4.78 is 5.40. The van der Waals surface area contributed by atoms with Gasteiger partial charge < -0.3 is 15.4 Å². The zero-order valence-electron chi connectivity index (χ0n) is 11.4. The maximum atomic E-state index is 5.89. The summed E-state index contributed by atoms with van der Waals surface area (Å²) in [5, 5.41) is 0. The largest absolute Gasteiger partial charge is 0.381 e. The van der Waals surface area contributed by atoms with Crippen molar-refractivity contribution in [2.45, 2.75) is 32.2 Å². The number of nitrogens with two attached hydrogens (primary N) is 1. The highest BCUT2D eigenvalue weighted by Gasteiger charge is 2.19. The fraction of sp³-hybridized carbons (Fsp3) is 1.00. The lowest BCUT2D eigenvalue weighted by Crippen LogP contribution is -2.41. The zero-order chi connectivity index (χ0) is 12.5. The Labute approximate surface area is 110 Å². The van der Waals surface area contributed by atoms with Crippen LogP contribution in [0.5, 0.6) is 0 Å². The molecule has 1 aliphatic heterocycles. The summed E-state index contributed by atoms with van der Waals surface area (Å²) >= 11 is 2.01. The van der Waals surface area contributed by atoms with Crippen molar-refractivity contribution in [3.63, 3.8) is 0 Å². The van der Waals surface area contributed by atoms with Crippen molar-refractivity contribution in [1.29, 1.82) is 0 Å². The van der Waals surface area contributed by atoms with Crippen molar-refractivity contribution < 1.29 is 4.74 Å². The Morgan fingerprint density at radius 1 is 1.41 bits per heavy atom. The summed E-state index contributed by atoms with van der Waals surface area (Å²) in [7, 11) is 2.23. The summed E-state index contributed by atoms with van der Waals surface area (Å²) in [5.74, 6) is 3.25. The van der Waals surface area contributed by atoms with Crippen LogP contribution >= 0.6 is 11.8 Å². The smallest absolute Gasteiger partial charge is 0.0469 e. The first-order valence-corrected chi connectivity index (χ1v) is 7.99. The molecule has 0 spiro atoms. The lowest BCUT2D eigenvalue weighted by Gasteiger charge is -2.32. The van der Waals surface area contributed by atoms with Gasteiger partial charge in [-0.2, -0.15) is 11.8 Å². The third-order valence-electron chi connectivity index (χ3n) is 3.58. The maximum Gasteiger partial charge on any atom is 0.0469 e. The highest BCUT2D eigenvalue weighted by Crippen LogP contribution is 2.17. The monoisotopic (exact) mass is 260 g/mol. The van der Waals surface area contributed by atoms with Crippen molar-refractivity contribution in [3.8, 4) is 0 Å². The van der Waals surface area contributed by atoms with Crippen LogP contribution in [0.15, 0.2) is 0 Å². The molecule has 0 bridgehead atoms. The van der Waals surface area contributed by atoms with E-state index in [1.165, 1.54) is 37.3 Å². The Kier molecular flexibility index (Phi) is 8.27. The number of ether oxygens (including phenoxy) is 1. The Morgan fingerprint density at radius 2 is 2.12 bits per heavy atom. The standard InChI is InChI=1S/C13H28N2OS/c1-3-17-9-6-13(10-14)15(2)11-12-4-7-16-8-5-12/h12-13H,3-11,14H2,1-2H3. The van der Waals surface area contributed by atoms with Crippen LogP contribution in [0.3, 0.4) is 0 Å². The highest BCUT2D eigenvalue weighted by atomic mass is 32.2. The first-order valence-electron chi connectivity index (χ1n) is 6.83. The van der Waals surface area contributed by atoms with Gasteiger partial charge in [-0.05, 0) is 43.7 Å². The molecule has 1 aliphatic rings. The highest BCUT2D eigenvalue weighted by molar-refractivity contribution is 7.99. The quantitative estimate of drug-likeness (QED) is 0.676. The molecule has 102 valence electrons. The third kappa shape index (κ3) is 6.09. The first kappa shape index (κ1) is 15.3. The second kappa shape index (κ2) is 9.20. The van der Waals surface area contributed by atoms with Gasteiger partial charge in [0.05, 0.1) is 0 Å². The Hall–Kier alpha value is 0.230. The van der Waals surface area contributed by atoms with Crippen molar-refractivity contribution in [2.75, 3.05) is 44.9 Å². The van der Waals surface area contributed by atoms with E-state index in [9.17, 15) is 0 Å². The fourth-order valence-electron chi connectivity index (χ4n) is 2.37. The van der Waals surface area contributed by atoms with E-state index < -0.39 is 0 Å². The molecule has 0 aromatic carbocycles. The van der Waals surface area contributed by atoms with Crippen molar-refractivity contribution in [3.05, 3.63) is 0 Å². The van der Waals surface area contributed by atoms with Gasteiger partial charge in [0.25, 0.3) is 0 Å². The minimum atomic E-state index is 0.553. The summed E-state index contributed by atoms with van der Waals surface area (Å²) in [4.78, 5) is 2.46. The van der Waals surface area contributed by atoms with E-state index in [4.69, 9.17) is 10.5 Å². The van der Waals surface area contributed by atoms with Gasteiger partial charge in [-0.25, -0.2) is 0 Å². The summed E-state index contributed by atoms with van der Waals surface area (Å²) in [6.07, 6.45) is 3.64. The lowest BCUT2D eigenvalue weighted by molar-refractivity contribution is 0.0506. The second-order valence-corrected chi connectivity index (χ2v) is 6.26. The molecule has 0 aliphatic carbocycles. The molecule has 3 nitrogen and oxygen atoms in total. The number of hydrogen-bond donors (Lipinski definition) is 1. The number of likely N-dealkylation sites (N-methyl/N-ethyl adjacent to an activating group) is 1. The van der Waals surface area contributed by atoms with E-state index in [1.54, 1.807) is 0 Å². The van der Waals surface area contributed by atoms with Gasteiger partial charge >= 0.3 is 0 Å². The van der Waals surface area contributed by atoms with Crippen LogP contribution in [0.4, 0.5) is 0 Å². The minimum Gasteiger partial charge on any atom is -0.381 e. The van der Waals surface area contributed by atoms with Gasteiger partial charge in [0.1, 0.15) is 0 Å². The summed E-state index contributed by atoms with van der Waals surface area (Å²) in [6.45, 7) is 6.06. The van der Waals surface area contributed by atoms with Crippen molar-refractivity contribution in [2.24, 2.45) is 11.7 Å². The molecule has 0 aromatic rings. The molecule has 0 aromatic heterocycles. The number of nitrogens with zero attached hydrogens (tertiary/aromatic N) is 1. The molecule has 0 radical (unpaired) electrons. The van der Waals surface area contributed by atoms with Crippen LogP contribution in [-0.4, -0.2) is 55.8 Å². The molecule has 17 heavy (non-hydrogen) atoms. The second-order valence-electron chi connectivity index (χ2n) is 4.87. The number of thioether (sulfide) groups is 1. The topological polar surface area (TPSA) is 38.5 Å². The summed E-state index contributed by atoms with van der Waals surface area (Å²) in [6, 6.07) is 0.553. The third-order valence-corrected chi connectivity index (χ3v) is 4.51. The van der Waals surface area contributed by atoms with Gasteiger partial charge in [-0.1, -0.05) is 6.92 Å². The maximum absolute atomic E-state index is 5.89. The molecular formula is C13H28N2OS. The van der Waals surface area contributed by atoms with E-state index in [2.05, 4.69) is 18.9 Å². The zero-order valence-corrected chi connectivity index (χ0v) is 12.2. The average molecular weight is 260 g/mol. The van der Waals surface area contributed by atoms with Gasteiger partial charge in [-0.3, -0.25) is 0 Å². The van der Waals surface area contributed by atoms with E-state index in [0.717, 1.165) is 25.7 Å². The van der Waals surface area contributed by atoms with Crippen LogP contribution in [0.1, 0.15) is 26.2 Å². The normalized spacial score (nSPS) is 19.8. The molecule has 1 rings (SSSR count). The minimum absolute atomic E-state index is 0.553. The fourth-order valence-corrected chi connectivity index (χ4v) is 3.09. The molecule has 1 saturated heterocycles. The predicted molar refractivity (Wildman–Crippen MR) is 76.6 cm³/mol. The average Bonchev–Trinajstić information content (AvgIpc) is 2.36. The molecular weight excluding hydrogens is 232 g/mol. The first-order chi connectivity index (χ1) is 8.27. The predicted octanol–water partition coefficient (Wildman–Crippen LogP) is 1.82. The SMILES string of the molecule is CCSCCC(CN)N(C)CC1CCOCC1. The van der Waals surface area contributed by atoms with Crippen LogP contribution in [0.2, 0.25) is 0 Å². The van der Waals surface area contributed by atoms with E-state index in [-0.39, 0.29) is 0 Å².